The number of ether oxygens (including phenoxy) is 4. The van der Waals surface area contributed by atoms with Gasteiger partial charge in [-0.1, -0.05) is 44.9 Å². The molecule has 0 radical (unpaired) electrons. The number of rotatable bonds is 27. The number of phenols is 1. The van der Waals surface area contributed by atoms with Crippen molar-refractivity contribution in [3.63, 3.8) is 0 Å². The molecule has 0 aromatic heterocycles. The van der Waals surface area contributed by atoms with E-state index in [9.17, 15) is 14.7 Å². The summed E-state index contributed by atoms with van der Waals surface area (Å²) in [4.78, 5) is 31.1. The fourth-order valence-corrected chi connectivity index (χ4v) is 6.55. The normalized spacial score (nSPS) is 21.0. The number of hydrogen-bond donors (Lipinski definition) is 4. The van der Waals surface area contributed by atoms with Crippen LogP contribution in [0.3, 0.4) is 0 Å². The zero-order valence-corrected chi connectivity index (χ0v) is 30.8. The second-order valence-corrected chi connectivity index (χ2v) is 13.3. The molecule has 282 valence electrons. The average molecular weight is 702 g/mol. The Morgan fingerprint density at radius 2 is 1.60 bits per heavy atom. The number of carbonyl (C=O) groups is 2. The van der Waals surface area contributed by atoms with E-state index in [4.69, 9.17) is 18.9 Å². The molecule has 12 nitrogen and oxygen atoms in total. The van der Waals surface area contributed by atoms with Gasteiger partial charge in [0.05, 0.1) is 65.4 Å². The number of unbranched alkanes of at least 4 members (excludes halogenated alkanes) is 2. The minimum atomic E-state index is -0.175. The fourth-order valence-electron chi connectivity index (χ4n) is 6.55. The van der Waals surface area contributed by atoms with Crippen LogP contribution in [-0.2, 0) is 28.5 Å². The van der Waals surface area contributed by atoms with Crippen LogP contribution in [0.25, 0.3) is 0 Å². The number of benzene rings is 1. The van der Waals surface area contributed by atoms with E-state index in [-0.39, 0.29) is 29.6 Å². The maximum Gasteiger partial charge on any atom is 0.237 e. The molecular formula is C38H63N5O7. The predicted octanol–water partition coefficient (Wildman–Crippen LogP) is 3.82. The molecule has 2 amide bonds. The number of allylic oxidation sites excluding steroid dienone is 1. The summed E-state index contributed by atoms with van der Waals surface area (Å²) in [5.74, 6) is 0.954. The minimum absolute atomic E-state index is 0.0134. The van der Waals surface area contributed by atoms with E-state index in [1.54, 1.807) is 12.1 Å². The molecule has 2 saturated heterocycles. The predicted molar refractivity (Wildman–Crippen MR) is 197 cm³/mol. The molecule has 1 aromatic rings. The molecule has 0 bridgehead atoms. The molecule has 1 aromatic carbocycles. The topological polar surface area (TPSA) is 143 Å². The molecule has 2 aliphatic rings. The van der Waals surface area contributed by atoms with Crippen LogP contribution < -0.4 is 16.0 Å². The number of likely N-dealkylation sites (N-methyl/N-ethyl adjacent to an activating group) is 1. The molecule has 12 heteroatoms. The highest BCUT2D eigenvalue weighted by atomic mass is 16.6. The first kappa shape index (κ1) is 41.4. The first-order chi connectivity index (χ1) is 24.3. The standard InChI is InChI=1S/C38H63N5O7/c1-5-31-27-37(45)42-34(31)13-8-6-7-11-29(2)39-17-19-47-21-23-49-25-26-50-24-22-48-20-18-40-38(46)35-16-15-32(43(35)4)28-41-30(3)33-12-9-10-14-36(33)44/h9-10,12,14,31-32,34-35,39,44H,2,5-8,11,13,15-28H2,1,3-4H3,(H,40,46)(H,42,45)/t31-,32+,34-,35-/m1/s1. The maximum absolute atomic E-state index is 12.7. The largest absolute Gasteiger partial charge is 0.507 e. The van der Waals surface area contributed by atoms with Crippen LogP contribution in [0.15, 0.2) is 41.5 Å². The second kappa shape index (κ2) is 24.2. The van der Waals surface area contributed by atoms with Crippen molar-refractivity contribution >= 4 is 17.5 Å². The number of nitrogens with zero attached hydrogens (tertiary/aromatic N) is 2. The Hall–Kier alpha value is -3.03. The van der Waals surface area contributed by atoms with Gasteiger partial charge in [-0.15, -0.1) is 0 Å². The molecule has 50 heavy (non-hydrogen) atoms. The Morgan fingerprint density at radius 3 is 2.26 bits per heavy atom. The summed E-state index contributed by atoms with van der Waals surface area (Å²) in [6.45, 7) is 13.9. The highest BCUT2D eigenvalue weighted by molar-refractivity contribution is 6.01. The van der Waals surface area contributed by atoms with Crippen molar-refractivity contribution in [1.29, 1.82) is 0 Å². The number of phenolic OH excluding ortho intramolecular Hbond substituents is 1. The lowest BCUT2D eigenvalue weighted by molar-refractivity contribution is -0.125. The van der Waals surface area contributed by atoms with Crippen LogP contribution in [-0.4, -0.2) is 125 Å². The van der Waals surface area contributed by atoms with Gasteiger partial charge in [-0.3, -0.25) is 19.5 Å². The summed E-state index contributed by atoms with van der Waals surface area (Å²) < 4.78 is 22.3. The van der Waals surface area contributed by atoms with Gasteiger partial charge < -0.3 is 40.0 Å². The molecule has 0 spiro atoms. The molecule has 2 fully saturated rings. The van der Waals surface area contributed by atoms with E-state index < -0.39 is 0 Å². The SMILES string of the molecule is C=C(CCCCC[C@H]1NC(=O)C[C@H]1CC)NCCOCCOCCOCCOCCNC(=O)[C@H]1CC[C@@H](CN=C(C)c2ccccc2O)N1C. The molecule has 3 rings (SSSR count). The zero-order valence-electron chi connectivity index (χ0n) is 30.8. The molecule has 4 atom stereocenters. The Labute approximate surface area is 299 Å². The van der Waals surface area contributed by atoms with Crippen molar-refractivity contribution in [2.45, 2.75) is 89.8 Å². The van der Waals surface area contributed by atoms with Crippen molar-refractivity contribution in [2.75, 3.05) is 79.5 Å². The van der Waals surface area contributed by atoms with E-state index in [1.165, 1.54) is 0 Å². The first-order valence-electron chi connectivity index (χ1n) is 18.6. The van der Waals surface area contributed by atoms with Gasteiger partial charge in [0.15, 0.2) is 0 Å². The van der Waals surface area contributed by atoms with Gasteiger partial charge in [0.2, 0.25) is 11.8 Å². The third-order valence-corrected chi connectivity index (χ3v) is 9.64. The van der Waals surface area contributed by atoms with E-state index in [0.717, 1.165) is 74.9 Å². The van der Waals surface area contributed by atoms with Gasteiger partial charge in [-0.05, 0) is 64.1 Å². The van der Waals surface area contributed by atoms with E-state index in [1.807, 2.05) is 26.1 Å². The van der Waals surface area contributed by atoms with Crippen LogP contribution in [0.5, 0.6) is 5.75 Å². The Morgan fingerprint density at radius 1 is 0.960 bits per heavy atom. The second-order valence-electron chi connectivity index (χ2n) is 13.3. The van der Waals surface area contributed by atoms with Gasteiger partial charge in [0.25, 0.3) is 0 Å². The highest BCUT2D eigenvalue weighted by Gasteiger charge is 2.35. The van der Waals surface area contributed by atoms with E-state index in [2.05, 4.69) is 39.3 Å². The summed E-state index contributed by atoms with van der Waals surface area (Å²) in [6, 6.07) is 7.57. The van der Waals surface area contributed by atoms with Gasteiger partial charge in [-0.2, -0.15) is 0 Å². The zero-order chi connectivity index (χ0) is 36.0. The lowest BCUT2D eigenvalue weighted by Gasteiger charge is -2.24. The highest BCUT2D eigenvalue weighted by Crippen LogP contribution is 2.25. The van der Waals surface area contributed by atoms with E-state index in [0.29, 0.717) is 84.3 Å². The Kier molecular flexibility index (Phi) is 20.0. The van der Waals surface area contributed by atoms with Gasteiger partial charge in [-0.25, -0.2) is 0 Å². The molecule has 4 N–H and O–H groups in total. The van der Waals surface area contributed by atoms with Crippen LogP contribution in [0.4, 0.5) is 0 Å². The number of aromatic hydroxyl groups is 1. The number of likely N-dealkylation sites (tertiary alicyclic amines) is 1. The molecule has 0 unspecified atom stereocenters. The van der Waals surface area contributed by atoms with Gasteiger partial charge in [0, 0.05) is 48.6 Å². The molecule has 2 aliphatic heterocycles. The molecular weight excluding hydrogens is 638 g/mol. The van der Waals surface area contributed by atoms with Gasteiger partial charge >= 0.3 is 0 Å². The monoisotopic (exact) mass is 701 g/mol. The van der Waals surface area contributed by atoms with Crippen LogP contribution in [0.2, 0.25) is 0 Å². The number of carbonyl (C=O) groups excluding carboxylic acids is 2. The fraction of sp³-hybridized carbons (Fsp3) is 0.711. The summed E-state index contributed by atoms with van der Waals surface area (Å²) in [5, 5.41) is 19.5. The van der Waals surface area contributed by atoms with Gasteiger partial charge in [0.1, 0.15) is 5.75 Å². The van der Waals surface area contributed by atoms with Crippen molar-refractivity contribution < 1.29 is 33.6 Å². The third-order valence-electron chi connectivity index (χ3n) is 9.64. The average Bonchev–Trinajstić information content (AvgIpc) is 3.67. The molecule has 0 aliphatic carbocycles. The maximum atomic E-state index is 12.7. The number of amides is 2. The Bertz CT molecular complexity index is 1180. The van der Waals surface area contributed by atoms with E-state index >= 15 is 0 Å². The van der Waals surface area contributed by atoms with Crippen LogP contribution in [0.1, 0.15) is 77.2 Å². The van der Waals surface area contributed by atoms with Crippen molar-refractivity contribution in [1.82, 2.24) is 20.9 Å². The minimum Gasteiger partial charge on any atom is -0.507 e. The lowest BCUT2D eigenvalue weighted by atomic mass is 9.93. The third kappa shape index (κ3) is 15.5. The number of para-hydroxylation sites is 1. The smallest absolute Gasteiger partial charge is 0.237 e. The molecule has 0 saturated carbocycles. The summed E-state index contributed by atoms with van der Waals surface area (Å²) in [6.07, 6.45) is 8.87. The van der Waals surface area contributed by atoms with Crippen LogP contribution >= 0.6 is 0 Å². The van der Waals surface area contributed by atoms with Crippen molar-refractivity contribution in [3.05, 3.63) is 42.1 Å². The van der Waals surface area contributed by atoms with Crippen LogP contribution in [0, 0.1) is 5.92 Å². The van der Waals surface area contributed by atoms with Crippen molar-refractivity contribution in [2.24, 2.45) is 10.9 Å². The number of hydrogen-bond acceptors (Lipinski definition) is 10. The summed E-state index contributed by atoms with van der Waals surface area (Å²) >= 11 is 0. The first-order valence-corrected chi connectivity index (χ1v) is 18.6. The molecule has 2 heterocycles. The number of aliphatic imine (C=N–C) groups is 1. The Balaban J connectivity index is 1.05. The number of nitrogens with one attached hydrogen (secondary N) is 3. The summed E-state index contributed by atoms with van der Waals surface area (Å²) in [5.41, 5.74) is 2.58. The summed E-state index contributed by atoms with van der Waals surface area (Å²) in [7, 11) is 1.97. The lowest BCUT2D eigenvalue weighted by Crippen LogP contribution is -2.45. The quantitative estimate of drug-likeness (QED) is 0.0796. The van der Waals surface area contributed by atoms with Crippen molar-refractivity contribution in [3.8, 4) is 5.75 Å².